The first-order valence-electron chi connectivity index (χ1n) is 4.68. The van der Waals surface area contributed by atoms with Crippen molar-refractivity contribution in [3.05, 3.63) is 16.8 Å². The number of halogens is 3. The van der Waals surface area contributed by atoms with Crippen LogP contribution in [0.1, 0.15) is 16.8 Å². The zero-order valence-corrected chi connectivity index (χ0v) is 9.46. The predicted molar refractivity (Wildman–Crippen MR) is 55.1 cm³/mol. The van der Waals surface area contributed by atoms with Crippen LogP contribution in [-0.2, 0) is 6.18 Å². The minimum atomic E-state index is -4.70. The number of alkyl halides is 3. The van der Waals surface area contributed by atoms with E-state index in [9.17, 15) is 13.2 Å². The summed E-state index contributed by atoms with van der Waals surface area (Å²) in [5.41, 5.74) is -1.90. The molecule has 0 saturated carbocycles. The molecule has 0 bridgehead atoms. The highest BCUT2D eigenvalue weighted by atomic mass is 19.4. The lowest BCUT2D eigenvalue weighted by molar-refractivity contribution is -0.137. The van der Waals surface area contributed by atoms with Gasteiger partial charge in [-0.15, -0.1) is 0 Å². The van der Waals surface area contributed by atoms with Gasteiger partial charge in [0.05, 0.1) is 18.1 Å². The van der Waals surface area contributed by atoms with E-state index in [1.807, 2.05) is 0 Å². The zero-order valence-electron chi connectivity index (χ0n) is 9.46. The Kier molecular flexibility index (Phi) is 3.68. The molecule has 4 nitrogen and oxygen atoms in total. The second kappa shape index (κ2) is 4.54. The molecule has 0 amide bonds. The van der Waals surface area contributed by atoms with Gasteiger partial charge in [0.25, 0.3) is 0 Å². The van der Waals surface area contributed by atoms with E-state index < -0.39 is 30.2 Å². The van der Waals surface area contributed by atoms with Crippen molar-refractivity contribution in [1.82, 2.24) is 4.98 Å². The van der Waals surface area contributed by atoms with Crippen LogP contribution in [0.4, 0.5) is 13.2 Å². The quantitative estimate of drug-likeness (QED) is 0.745. The fraction of sp³-hybridized carbons (Fsp3) is 0.444. The Morgan fingerprint density at radius 2 is 1.76 bits per heavy atom. The van der Waals surface area contributed by atoms with Crippen molar-refractivity contribution in [2.45, 2.75) is 20.0 Å². The first-order valence-corrected chi connectivity index (χ1v) is 4.68. The van der Waals surface area contributed by atoms with Crippen LogP contribution in [-0.4, -0.2) is 29.3 Å². The average Bonchev–Trinajstić information content (AvgIpc) is 2.18. The molecular weight excluding hydrogens is 238 g/mol. The Bertz CT molecular complexity index is 434. The summed E-state index contributed by atoms with van der Waals surface area (Å²) in [6, 6.07) is 0. The van der Waals surface area contributed by atoms with E-state index in [1.165, 1.54) is 13.8 Å². The SMILES string of the molecule is COc1nc(C)c(C)c(C(F)(F)F)c1B(O)O. The molecule has 0 unspecified atom stereocenters. The number of ether oxygens (including phenoxy) is 1. The van der Waals surface area contributed by atoms with E-state index in [4.69, 9.17) is 10.0 Å². The molecule has 1 rings (SSSR count). The topological polar surface area (TPSA) is 62.6 Å². The predicted octanol–water partition coefficient (Wildman–Crippen LogP) is 0.406. The lowest BCUT2D eigenvalue weighted by atomic mass is 9.76. The molecule has 2 N–H and O–H groups in total. The van der Waals surface area contributed by atoms with Crippen LogP contribution >= 0.6 is 0 Å². The maximum atomic E-state index is 12.9. The highest BCUT2D eigenvalue weighted by molar-refractivity contribution is 6.60. The van der Waals surface area contributed by atoms with Gasteiger partial charge in [0.15, 0.2) is 0 Å². The van der Waals surface area contributed by atoms with Crippen LogP contribution in [0.15, 0.2) is 0 Å². The number of pyridine rings is 1. The van der Waals surface area contributed by atoms with Gasteiger partial charge in [-0.1, -0.05) is 0 Å². The smallest absolute Gasteiger partial charge is 0.481 e. The fourth-order valence-electron chi connectivity index (χ4n) is 1.55. The van der Waals surface area contributed by atoms with Gasteiger partial charge in [-0.2, -0.15) is 13.2 Å². The van der Waals surface area contributed by atoms with Crippen LogP contribution in [0.3, 0.4) is 0 Å². The Morgan fingerprint density at radius 3 is 2.12 bits per heavy atom. The van der Waals surface area contributed by atoms with Gasteiger partial charge in [-0.05, 0) is 19.4 Å². The van der Waals surface area contributed by atoms with Crippen LogP contribution in [0.25, 0.3) is 0 Å². The summed E-state index contributed by atoms with van der Waals surface area (Å²) >= 11 is 0. The molecule has 8 heteroatoms. The maximum Gasteiger partial charge on any atom is 0.494 e. The lowest BCUT2D eigenvalue weighted by Gasteiger charge is -2.19. The molecule has 0 radical (unpaired) electrons. The molecule has 0 aliphatic rings. The van der Waals surface area contributed by atoms with Crippen molar-refractivity contribution >= 4 is 12.6 Å². The molecule has 1 aromatic heterocycles. The van der Waals surface area contributed by atoms with Crippen molar-refractivity contribution in [2.75, 3.05) is 7.11 Å². The van der Waals surface area contributed by atoms with Gasteiger partial charge < -0.3 is 14.8 Å². The normalized spacial score (nSPS) is 11.5. The third kappa shape index (κ3) is 2.53. The van der Waals surface area contributed by atoms with E-state index >= 15 is 0 Å². The molecule has 94 valence electrons. The van der Waals surface area contributed by atoms with Gasteiger partial charge >= 0.3 is 13.3 Å². The van der Waals surface area contributed by atoms with Crippen molar-refractivity contribution in [3.8, 4) is 5.88 Å². The van der Waals surface area contributed by atoms with E-state index in [0.717, 1.165) is 7.11 Å². The van der Waals surface area contributed by atoms with Crippen molar-refractivity contribution in [3.63, 3.8) is 0 Å². The second-order valence-corrected chi connectivity index (χ2v) is 3.49. The average molecular weight is 249 g/mol. The number of nitrogens with zero attached hydrogens (tertiary/aromatic N) is 1. The summed E-state index contributed by atoms with van der Waals surface area (Å²) in [5, 5.41) is 18.1. The highest BCUT2D eigenvalue weighted by Crippen LogP contribution is 2.33. The summed E-state index contributed by atoms with van der Waals surface area (Å²) < 4.78 is 43.2. The standard InChI is InChI=1S/C9H11BF3NO3/c1-4-5(2)14-8(17-3)7(10(15)16)6(4)9(11,12)13/h15-16H,1-3H3. The molecule has 0 atom stereocenters. The summed E-state index contributed by atoms with van der Waals surface area (Å²) in [7, 11) is -1.18. The summed E-state index contributed by atoms with van der Waals surface area (Å²) in [6.45, 7) is 2.61. The third-order valence-electron chi connectivity index (χ3n) is 2.42. The number of methoxy groups -OCH3 is 1. The van der Waals surface area contributed by atoms with E-state index in [2.05, 4.69) is 9.72 Å². The Hall–Kier alpha value is -1.28. The monoisotopic (exact) mass is 249 g/mol. The number of hydrogen-bond acceptors (Lipinski definition) is 4. The number of aryl methyl sites for hydroxylation is 1. The van der Waals surface area contributed by atoms with E-state index in [1.54, 1.807) is 0 Å². The maximum absolute atomic E-state index is 12.9. The van der Waals surface area contributed by atoms with Gasteiger partial charge in [0.1, 0.15) is 0 Å². The van der Waals surface area contributed by atoms with Crippen molar-refractivity contribution in [2.24, 2.45) is 0 Å². The molecule has 17 heavy (non-hydrogen) atoms. The summed E-state index contributed by atoms with van der Waals surface area (Å²) in [6.07, 6.45) is -4.70. The van der Waals surface area contributed by atoms with Crippen LogP contribution < -0.4 is 10.2 Å². The largest absolute Gasteiger partial charge is 0.494 e. The van der Waals surface area contributed by atoms with Crippen molar-refractivity contribution < 1.29 is 28.0 Å². The molecule has 0 saturated heterocycles. The van der Waals surface area contributed by atoms with Crippen LogP contribution in [0.5, 0.6) is 5.88 Å². The molecule has 1 aromatic rings. The van der Waals surface area contributed by atoms with Gasteiger partial charge in [-0.3, -0.25) is 0 Å². The summed E-state index contributed by atoms with van der Waals surface area (Å²) in [4.78, 5) is 3.74. The van der Waals surface area contributed by atoms with Crippen LogP contribution in [0.2, 0.25) is 0 Å². The van der Waals surface area contributed by atoms with Crippen molar-refractivity contribution in [1.29, 1.82) is 0 Å². The first-order chi connectivity index (χ1) is 7.70. The first kappa shape index (κ1) is 13.8. The third-order valence-corrected chi connectivity index (χ3v) is 2.42. The molecule has 0 fully saturated rings. The number of rotatable bonds is 2. The highest BCUT2D eigenvalue weighted by Gasteiger charge is 2.41. The Balaban J connectivity index is 3.69. The molecule has 0 aromatic carbocycles. The van der Waals surface area contributed by atoms with Gasteiger partial charge in [0, 0.05) is 5.69 Å². The lowest BCUT2D eigenvalue weighted by Crippen LogP contribution is -2.39. The number of aromatic nitrogens is 1. The van der Waals surface area contributed by atoms with Crippen LogP contribution in [0, 0.1) is 13.8 Å². The molecule has 0 spiro atoms. The minimum Gasteiger partial charge on any atom is -0.481 e. The van der Waals surface area contributed by atoms with E-state index in [0.29, 0.717) is 0 Å². The molecule has 0 aliphatic heterocycles. The Labute approximate surface area is 96.2 Å². The molecule has 0 aliphatic carbocycles. The molecule has 1 heterocycles. The molecular formula is C9H11BF3NO3. The van der Waals surface area contributed by atoms with E-state index in [-0.39, 0.29) is 11.3 Å². The number of hydrogen-bond donors (Lipinski definition) is 2. The minimum absolute atomic E-state index is 0.124. The Morgan fingerprint density at radius 1 is 1.24 bits per heavy atom. The second-order valence-electron chi connectivity index (χ2n) is 3.49. The fourth-order valence-corrected chi connectivity index (χ4v) is 1.55. The van der Waals surface area contributed by atoms with Gasteiger partial charge in [0.2, 0.25) is 5.88 Å². The van der Waals surface area contributed by atoms with Gasteiger partial charge in [-0.25, -0.2) is 4.98 Å². The summed E-state index contributed by atoms with van der Waals surface area (Å²) in [5.74, 6) is -0.435. The zero-order chi connectivity index (χ0) is 13.4.